The van der Waals surface area contributed by atoms with Crippen LogP contribution in [0.2, 0.25) is 5.02 Å². The summed E-state index contributed by atoms with van der Waals surface area (Å²) in [6, 6.07) is 5.31. The molecule has 0 atom stereocenters. The number of hydrazine groups is 1. The third-order valence-electron chi connectivity index (χ3n) is 3.73. The smallest absolute Gasteiger partial charge is 0.253 e. The molecule has 2 rings (SSSR count). The Bertz CT molecular complexity index is 456. The zero-order chi connectivity index (χ0) is 13.8. The van der Waals surface area contributed by atoms with E-state index in [-0.39, 0.29) is 11.9 Å². The molecule has 1 saturated carbocycles. The fourth-order valence-corrected chi connectivity index (χ4v) is 2.67. The van der Waals surface area contributed by atoms with Gasteiger partial charge in [-0.3, -0.25) is 10.6 Å². The van der Waals surface area contributed by atoms with Gasteiger partial charge in [-0.2, -0.15) is 0 Å². The number of carbonyl (C=O) groups is 1. The molecule has 1 aromatic carbocycles. The molecule has 0 saturated heterocycles. The third kappa shape index (κ3) is 3.61. The number of amides is 1. The molecule has 19 heavy (non-hydrogen) atoms. The molecule has 104 valence electrons. The standard InChI is InChI=1S/C14H20ClN3O/c1-9-2-5-11(6-3-9)17-14(19)12-8-10(15)4-7-13(12)18-16/h4,7-9,11,18H,2-3,5-6,16H2,1H3,(H,17,19). The topological polar surface area (TPSA) is 67.2 Å². The average molecular weight is 282 g/mol. The van der Waals surface area contributed by atoms with E-state index < -0.39 is 0 Å². The Morgan fingerprint density at radius 3 is 2.63 bits per heavy atom. The minimum Gasteiger partial charge on any atom is -0.349 e. The van der Waals surface area contributed by atoms with Gasteiger partial charge in [-0.25, -0.2) is 0 Å². The SMILES string of the molecule is CC1CCC(NC(=O)c2cc(Cl)ccc2NN)CC1. The number of benzene rings is 1. The molecule has 4 nitrogen and oxygen atoms in total. The van der Waals surface area contributed by atoms with E-state index in [1.54, 1.807) is 18.2 Å². The first-order chi connectivity index (χ1) is 9.10. The summed E-state index contributed by atoms with van der Waals surface area (Å²) in [5, 5.41) is 3.59. The molecule has 1 fully saturated rings. The number of halogens is 1. The van der Waals surface area contributed by atoms with Gasteiger partial charge in [0.05, 0.1) is 11.3 Å². The summed E-state index contributed by atoms with van der Waals surface area (Å²) in [4.78, 5) is 12.3. The lowest BCUT2D eigenvalue weighted by atomic mass is 9.87. The highest BCUT2D eigenvalue weighted by molar-refractivity contribution is 6.31. The first-order valence-electron chi connectivity index (χ1n) is 6.67. The highest BCUT2D eigenvalue weighted by Gasteiger charge is 2.21. The van der Waals surface area contributed by atoms with Gasteiger partial charge in [-0.15, -0.1) is 0 Å². The summed E-state index contributed by atoms with van der Waals surface area (Å²) in [5.41, 5.74) is 3.61. The van der Waals surface area contributed by atoms with Crippen molar-refractivity contribution in [1.82, 2.24) is 5.32 Å². The lowest BCUT2D eigenvalue weighted by Gasteiger charge is -2.27. The Morgan fingerprint density at radius 2 is 2.00 bits per heavy atom. The second kappa shape index (κ2) is 6.26. The predicted molar refractivity (Wildman–Crippen MR) is 78.1 cm³/mol. The van der Waals surface area contributed by atoms with Gasteiger partial charge in [0.15, 0.2) is 0 Å². The molecule has 5 heteroatoms. The molecule has 1 amide bonds. The minimum absolute atomic E-state index is 0.116. The van der Waals surface area contributed by atoms with Gasteiger partial charge >= 0.3 is 0 Å². The average Bonchev–Trinajstić information content (AvgIpc) is 2.41. The van der Waals surface area contributed by atoms with Crippen LogP contribution in [0.5, 0.6) is 0 Å². The number of hydrogen-bond acceptors (Lipinski definition) is 3. The molecule has 4 N–H and O–H groups in total. The van der Waals surface area contributed by atoms with Crippen LogP contribution in [-0.2, 0) is 0 Å². The predicted octanol–water partition coefficient (Wildman–Crippen LogP) is 2.93. The molecule has 0 bridgehead atoms. The van der Waals surface area contributed by atoms with Crippen LogP contribution in [0.3, 0.4) is 0 Å². The van der Waals surface area contributed by atoms with Gasteiger partial charge in [0.2, 0.25) is 0 Å². The summed E-state index contributed by atoms with van der Waals surface area (Å²) in [6.07, 6.45) is 4.42. The lowest BCUT2D eigenvalue weighted by molar-refractivity contribution is 0.0924. The summed E-state index contributed by atoms with van der Waals surface area (Å²) >= 11 is 5.93. The maximum Gasteiger partial charge on any atom is 0.253 e. The van der Waals surface area contributed by atoms with Crippen molar-refractivity contribution in [1.29, 1.82) is 0 Å². The van der Waals surface area contributed by atoms with E-state index in [1.165, 1.54) is 12.8 Å². The van der Waals surface area contributed by atoms with Crippen molar-refractivity contribution in [2.24, 2.45) is 11.8 Å². The highest BCUT2D eigenvalue weighted by atomic mass is 35.5. The van der Waals surface area contributed by atoms with E-state index in [4.69, 9.17) is 17.4 Å². The molecule has 0 heterocycles. The van der Waals surface area contributed by atoms with Crippen LogP contribution >= 0.6 is 11.6 Å². The van der Waals surface area contributed by atoms with E-state index in [0.717, 1.165) is 18.8 Å². The number of nitrogens with one attached hydrogen (secondary N) is 2. The lowest BCUT2D eigenvalue weighted by Crippen LogP contribution is -2.37. The van der Waals surface area contributed by atoms with Crippen LogP contribution in [0.15, 0.2) is 18.2 Å². The second-order valence-electron chi connectivity index (χ2n) is 5.26. The molecule has 0 radical (unpaired) electrons. The Kier molecular flexibility index (Phi) is 4.66. The van der Waals surface area contributed by atoms with Gasteiger partial charge in [-0.05, 0) is 49.8 Å². The van der Waals surface area contributed by atoms with Crippen molar-refractivity contribution in [2.75, 3.05) is 5.43 Å². The Labute approximate surface area is 118 Å². The van der Waals surface area contributed by atoms with Crippen LogP contribution in [0, 0.1) is 5.92 Å². The fourth-order valence-electron chi connectivity index (χ4n) is 2.50. The molecule has 0 unspecified atom stereocenters. The maximum atomic E-state index is 12.3. The Hall–Kier alpha value is -1.26. The zero-order valence-electron chi connectivity index (χ0n) is 11.1. The van der Waals surface area contributed by atoms with Crippen LogP contribution < -0.4 is 16.6 Å². The fraction of sp³-hybridized carbons (Fsp3) is 0.500. The monoisotopic (exact) mass is 281 g/mol. The number of anilines is 1. The summed E-state index contributed by atoms with van der Waals surface area (Å²) in [7, 11) is 0. The number of carbonyl (C=O) groups excluding carboxylic acids is 1. The highest BCUT2D eigenvalue weighted by Crippen LogP contribution is 2.25. The molecule has 1 aliphatic carbocycles. The number of rotatable bonds is 3. The first-order valence-corrected chi connectivity index (χ1v) is 7.05. The molecular weight excluding hydrogens is 262 g/mol. The van der Waals surface area contributed by atoms with Crippen molar-refractivity contribution >= 4 is 23.2 Å². The van der Waals surface area contributed by atoms with Gasteiger partial charge in [0.1, 0.15) is 0 Å². The van der Waals surface area contributed by atoms with Crippen LogP contribution in [0.1, 0.15) is 43.0 Å². The van der Waals surface area contributed by atoms with E-state index in [0.29, 0.717) is 16.3 Å². The quantitative estimate of drug-likeness (QED) is 0.589. The van der Waals surface area contributed by atoms with Crippen molar-refractivity contribution in [2.45, 2.75) is 38.6 Å². The molecule has 0 aliphatic heterocycles. The third-order valence-corrected chi connectivity index (χ3v) is 3.97. The summed E-state index contributed by atoms with van der Waals surface area (Å²) in [6.45, 7) is 2.26. The minimum atomic E-state index is -0.116. The molecule has 0 aromatic heterocycles. The summed E-state index contributed by atoms with van der Waals surface area (Å²) < 4.78 is 0. The largest absolute Gasteiger partial charge is 0.349 e. The number of nitrogens with two attached hydrogens (primary N) is 1. The molecule has 1 aliphatic rings. The van der Waals surface area contributed by atoms with Gasteiger partial charge in [-0.1, -0.05) is 18.5 Å². The normalized spacial score (nSPS) is 22.9. The summed E-state index contributed by atoms with van der Waals surface area (Å²) in [5.74, 6) is 6.07. The van der Waals surface area contributed by atoms with E-state index in [9.17, 15) is 4.79 Å². The van der Waals surface area contributed by atoms with Crippen molar-refractivity contribution in [3.63, 3.8) is 0 Å². The van der Waals surface area contributed by atoms with Gasteiger partial charge in [0.25, 0.3) is 5.91 Å². The number of hydrogen-bond donors (Lipinski definition) is 3. The maximum absolute atomic E-state index is 12.3. The van der Waals surface area contributed by atoms with Crippen molar-refractivity contribution in [3.8, 4) is 0 Å². The number of nitrogen functional groups attached to an aromatic ring is 1. The first kappa shape index (κ1) is 14.2. The van der Waals surface area contributed by atoms with Crippen molar-refractivity contribution in [3.05, 3.63) is 28.8 Å². The van der Waals surface area contributed by atoms with Crippen LogP contribution in [-0.4, -0.2) is 11.9 Å². The molecule has 0 spiro atoms. The molecule has 1 aromatic rings. The van der Waals surface area contributed by atoms with Crippen LogP contribution in [0.25, 0.3) is 0 Å². The Morgan fingerprint density at radius 1 is 1.32 bits per heavy atom. The van der Waals surface area contributed by atoms with Gasteiger partial charge < -0.3 is 10.7 Å². The van der Waals surface area contributed by atoms with E-state index in [1.807, 2.05) is 0 Å². The molecular formula is C14H20ClN3O. The van der Waals surface area contributed by atoms with E-state index >= 15 is 0 Å². The Balaban J connectivity index is 2.05. The second-order valence-corrected chi connectivity index (χ2v) is 5.70. The van der Waals surface area contributed by atoms with E-state index in [2.05, 4.69) is 17.7 Å². The van der Waals surface area contributed by atoms with Crippen LogP contribution in [0.4, 0.5) is 5.69 Å². The van der Waals surface area contributed by atoms with Crippen molar-refractivity contribution < 1.29 is 4.79 Å². The zero-order valence-corrected chi connectivity index (χ0v) is 11.8. The van der Waals surface area contributed by atoms with Gasteiger partial charge in [0, 0.05) is 11.1 Å².